The third-order valence-corrected chi connectivity index (χ3v) is 5.59. The van der Waals surface area contributed by atoms with E-state index in [0.717, 1.165) is 25.3 Å². The molecular formula is C22H22O13. The van der Waals surface area contributed by atoms with Crippen LogP contribution in [0.2, 0.25) is 0 Å². The lowest BCUT2D eigenvalue weighted by molar-refractivity contribution is -0.277. The minimum Gasteiger partial charge on any atom is -0.504 e. The lowest BCUT2D eigenvalue weighted by atomic mass is 9.99. The fraction of sp³-hybridized carbons (Fsp3) is 0.318. The van der Waals surface area contributed by atoms with E-state index in [9.17, 15) is 45.6 Å². The monoisotopic (exact) mass is 494 g/mol. The molecule has 13 nitrogen and oxygen atoms in total. The van der Waals surface area contributed by atoms with Crippen molar-refractivity contribution in [3.63, 3.8) is 0 Å². The molecule has 1 fully saturated rings. The van der Waals surface area contributed by atoms with Crippen LogP contribution in [0.3, 0.4) is 0 Å². The molecule has 0 radical (unpaired) electrons. The largest absolute Gasteiger partial charge is 0.504 e. The van der Waals surface area contributed by atoms with Crippen molar-refractivity contribution in [2.45, 2.75) is 30.7 Å². The highest BCUT2D eigenvalue weighted by Gasteiger charge is 2.45. The van der Waals surface area contributed by atoms with Crippen LogP contribution in [0.4, 0.5) is 0 Å². The van der Waals surface area contributed by atoms with Crippen molar-refractivity contribution in [1.29, 1.82) is 0 Å². The SMILES string of the molecule is COc1c(-c2ccc(O)c(O)c2)oc2cc(O[C@H]3O[C@@H](CO)[C@H](O)[C@H](O)[C@@H]3O)c(O)c(O)c2c1=O. The van der Waals surface area contributed by atoms with Crippen LogP contribution < -0.4 is 14.9 Å². The number of aliphatic hydroxyl groups excluding tert-OH is 4. The van der Waals surface area contributed by atoms with Gasteiger partial charge in [0.15, 0.2) is 28.8 Å². The molecule has 0 amide bonds. The molecule has 8 N–H and O–H groups in total. The summed E-state index contributed by atoms with van der Waals surface area (Å²) in [5.74, 6) is -3.91. The number of aromatic hydroxyl groups is 4. The molecule has 5 atom stereocenters. The highest BCUT2D eigenvalue weighted by Crippen LogP contribution is 2.44. The number of phenolic OH excluding ortho intramolecular Hbond substituents is 4. The number of hydrogen-bond donors (Lipinski definition) is 8. The van der Waals surface area contributed by atoms with E-state index in [0.29, 0.717) is 0 Å². The molecule has 1 aliphatic heterocycles. The molecule has 188 valence electrons. The summed E-state index contributed by atoms with van der Waals surface area (Å²) in [6.45, 7) is -0.725. The second-order valence-corrected chi connectivity index (χ2v) is 7.76. The van der Waals surface area contributed by atoms with E-state index in [1.54, 1.807) is 0 Å². The van der Waals surface area contributed by atoms with Gasteiger partial charge in [-0.3, -0.25) is 4.79 Å². The molecule has 0 aliphatic carbocycles. The Bertz CT molecular complexity index is 1320. The van der Waals surface area contributed by atoms with Crippen molar-refractivity contribution in [2.24, 2.45) is 0 Å². The molecule has 1 saturated heterocycles. The van der Waals surface area contributed by atoms with Gasteiger partial charge in [-0.15, -0.1) is 0 Å². The van der Waals surface area contributed by atoms with Crippen molar-refractivity contribution < 1.29 is 59.5 Å². The van der Waals surface area contributed by atoms with Crippen molar-refractivity contribution in [1.82, 2.24) is 0 Å². The maximum absolute atomic E-state index is 13.0. The molecular weight excluding hydrogens is 472 g/mol. The first-order valence-electron chi connectivity index (χ1n) is 10.2. The summed E-state index contributed by atoms with van der Waals surface area (Å²) in [5, 5.41) is 79.2. The van der Waals surface area contributed by atoms with E-state index in [1.165, 1.54) is 6.07 Å². The van der Waals surface area contributed by atoms with Gasteiger partial charge in [-0.25, -0.2) is 0 Å². The van der Waals surface area contributed by atoms with Gasteiger partial charge in [-0.05, 0) is 18.2 Å². The summed E-state index contributed by atoms with van der Waals surface area (Å²) < 4.78 is 21.4. The van der Waals surface area contributed by atoms with Crippen LogP contribution in [0.25, 0.3) is 22.3 Å². The summed E-state index contributed by atoms with van der Waals surface area (Å²) >= 11 is 0. The second kappa shape index (κ2) is 9.13. The fourth-order valence-electron chi connectivity index (χ4n) is 3.70. The van der Waals surface area contributed by atoms with Crippen molar-refractivity contribution >= 4 is 11.0 Å². The topological polar surface area (TPSA) is 220 Å². The molecule has 35 heavy (non-hydrogen) atoms. The van der Waals surface area contributed by atoms with E-state index in [1.807, 2.05) is 0 Å². The van der Waals surface area contributed by atoms with Crippen LogP contribution in [0, 0.1) is 0 Å². The van der Waals surface area contributed by atoms with Crippen LogP contribution in [0.1, 0.15) is 0 Å². The Labute approximate surface area is 195 Å². The normalized spacial score (nSPS) is 24.4. The van der Waals surface area contributed by atoms with E-state index in [2.05, 4.69) is 0 Å². The smallest absolute Gasteiger partial charge is 0.239 e. The number of benzene rings is 2. The van der Waals surface area contributed by atoms with Crippen LogP contribution >= 0.6 is 0 Å². The molecule has 3 aromatic rings. The predicted octanol–water partition coefficient (Wildman–Crippen LogP) is -0.530. The summed E-state index contributed by atoms with van der Waals surface area (Å²) in [6, 6.07) is 4.58. The van der Waals surface area contributed by atoms with Gasteiger partial charge in [0.05, 0.1) is 13.7 Å². The van der Waals surface area contributed by atoms with Crippen molar-refractivity contribution in [3.05, 3.63) is 34.5 Å². The number of phenols is 4. The predicted molar refractivity (Wildman–Crippen MR) is 116 cm³/mol. The molecule has 0 saturated carbocycles. The van der Waals surface area contributed by atoms with Gasteiger partial charge in [0, 0.05) is 11.6 Å². The third-order valence-electron chi connectivity index (χ3n) is 5.59. The van der Waals surface area contributed by atoms with Crippen LogP contribution in [-0.2, 0) is 4.74 Å². The van der Waals surface area contributed by atoms with E-state index in [-0.39, 0.29) is 22.7 Å². The van der Waals surface area contributed by atoms with Crippen molar-refractivity contribution in [3.8, 4) is 45.8 Å². The van der Waals surface area contributed by atoms with E-state index in [4.69, 9.17) is 18.6 Å². The maximum atomic E-state index is 13.0. The maximum Gasteiger partial charge on any atom is 0.239 e. The Morgan fingerprint density at radius 1 is 0.943 bits per heavy atom. The quantitative estimate of drug-likeness (QED) is 0.209. The van der Waals surface area contributed by atoms with Crippen LogP contribution in [0.15, 0.2) is 33.5 Å². The lowest BCUT2D eigenvalue weighted by Gasteiger charge is -2.39. The zero-order valence-electron chi connectivity index (χ0n) is 18.0. The zero-order valence-corrected chi connectivity index (χ0v) is 18.0. The van der Waals surface area contributed by atoms with Crippen molar-refractivity contribution in [2.75, 3.05) is 13.7 Å². The van der Waals surface area contributed by atoms with Gasteiger partial charge >= 0.3 is 0 Å². The molecule has 2 heterocycles. The van der Waals surface area contributed by atoms with Crippen LogP contribution in [0.5, 0.6) is 34.5 Å². The van der Waals surface area contributed by atoms with Crippen LogP contribution in [-0.4, -0.2) is 85.3 Å². The fourth-order valence-corrected chi connectivity index (χ4v) is 3.70. The van der Waals surface area contributed by atoms with Gasteiger partial charge in [0.25, 0.3) is 0 Å². The molecule has 0 unspecified atom stereocenters. The molecule has 1 aliphatic rings. The summed E-state index contributed by atoms with van der Waals surface area (Å²) in [7, 11) is 1.16. The summed E-state index contributed by atoms with van der Waals surface area (Å²) in [5.41, 5.74) is -1.07. The Kier molecular flexibility index (Phi) is 6.36. The van der Waals surface area contributed by atoms with Gasteiger partial charge < -0.3 is 59.5 Å². The molecule has 13 heteroatoms. The van der Waals surface area contributed by atoms with Gasteiger partial charge in [-0.1, -0.05) is 0 Å². The Balaban J connectivity index is 1.84. The first-order valence-corrected chi connectivity index (χ1v) is 10.2. The Morgan fingerprint density at radius 2 is 1.66 bits per heavy atom. The molecule has 2 aromatic carbocycles. The molecule has 0 spiro atoms. The van der Waals surface area contributed by atoms with Gasteiger partial charge in [-0.2, -0.15) is 0 Å². The minimum absolute atomic E-state index is 0.125. The first-order chi connectivity index (χ1) is 16.6. The van der Waals surface area contributed by atoms with Gasteiger partial charge in [0.2, 0.25) is 23.2 Å². The summed E-state index contributed by atoms with van der Waals surface area (Å²) in [4.78, 5) is 13.0. The summed E-state index contributed by atoms with van der Waals surface area (Å²) in [6.07, 6.45) is -8.23. The number of methoxy groups -OCH3 is 1. The average molecular weight is 494 g/mol. The Hall–Kier alpha value is -3.75. The molecule has 1 aromatic heterocycles. The van der Waals surface area contributed by atoms with Gasteiger partial charge in [0.1, 0.15) is 35.4 Å². The standard InChI is InChI=1S/C22H22O13/c1-32-21-17(29)13-10(33-20(21)7-2-3-8(24)9(25)4-7)5-11(14(26)16(13)28)34-22-19(31)18(30)15(27)12(6-23)35-22/h2-5,12,15,18-19,22-28,30-31H,6H2,1H3/t12-,15-,18-,19-,22-/m0/s1. The number of hydrogen-bond acceptors (Lipinski definition) is 13. The highest BCUT2D eigenvalue weighted by molar-refractivity contribution is 5.91. The zero-order chi connectivity index (χ0) is 25.6. The molecule has 4 rings (SSSR count). The number of ether oxygens (including phenoxy) is 3. The Morgan fingerprint density at radius 3 is 2.29 bits per heavy atom. The highest BCUT2D eigenvalue weighted by atomic mass is 16.7. The number of fused-ring (bicyclic) bond motifs is 1. The first kappa shape index (κ1) is 24.4. The number of aliphatic hydroxyl groups is 4. The van der Waals surface area contributed by atoms with E-state index >= 15 is 0 Å². The minimum atomic E-state index is -1.82. The molecule has 0 bridgehead atoms. The lowest BCUT2D eigenvalue weighted by Crippen LogP contribution is -2.60. The van der Waals surface area contributed by atoms with E-state index < -0.39 is 76.9 Å². The number of rotatable bonds is 5. The average Bonchev–Trinajstić information content (AvgIpc) is 2.83. The third kappa shape index (κ3) is 4.05. The second-order valence-electron chi connectivity index (χ2n) is 7.76.